The Balaban J connectivity index is 2.27. The molecule has 1 atom stereocenters. The molecule has 0 heterocycles. The molecule has 0 aliphatic heterocycles. The number of benzene rings is 1. The van der Waals surface area contributed by atoms with Crippen molar-refractivity contribution in [3.63, 3.8) is 0 Å². The Labute approximate surface area is 138 Å². The Kier molecular flexibility index (Phi) is 7.59. The fraction of sp³-hybridized carbons (Fsp3) is 0.556. The van der Waals surface area contributed by atoms with Crippen LogP contribution in [-0.2, 0) is 14.3 Å². The second-order valence-electron chi connectivity index (χ2n) is 6.32. The largest absolute Gasteiger partial charge is 0.465 e. The first-order valence-electron chi connectivity index (χ1n) is 8.02. The Morgan fingerprint density at radius 2 is 1.83 bits per heavy atom. The SMILES string of the molecule is CCC(C(=O)OCCCNC(=O)OC(C)(C)C)c1ccccc1. The molecule has 0 aromatic heterocycles. The van der Waals surface area contributed by atoms with Crippen molar-refractivity contribution in [1.29, 1.82) is 0 Å². The minimum absolute atomic E-state index is 0.226. The van der Waals surface area contributed by atoms with E-state index in [0.29, 0.717) is 19.4 Å². The van der Waals surface area contributed by atoms with Gasteiger partial charge in [0.25, 0.3) is 0 Å². The first-order valence-corrected chi connectivity index (χ1v) is 8.02. The number of alkyl carbamates (subject to hydrolysis) is 1. The highest BCUT2D eigenvalue weighted by Gasteiger charge is 2.20. The molecule has 1 N–H and O–H groups in total. The second-order valence-corrected chi connectivity index (χ2v) is 6.32. The summed E-state index contributed by atoms with van der Waals surface area (Å²) in [7, 11) is 0. The summed E-state index contributed by atoms with van der Waals surface area (Å²) in [5.74, 6) is -0.467. The van der Waals surface area contributed by atoms with Gasteiger partial charge in [0, 0.05) is 6.54 Å². The molecule has 1 rings (SSSR count). The third-order valence-electron chi connectivity index (χ3n) is 3.13. The van der Waals surface area contributed by atoms with Gasteiger partial charge in [-0.05, 0) is 39.2 Å². The predicted octanol–water partition coefficient (Wildman–Crippen LogP) is 3.64. The summed E-state index contributed by atoms with van der Waals surface area (Å²) in [5.41, 5.74) is 0.451. The van der Waals surface area contributed by atoms with Crippen LogP contribution in [0.1, 0.15) is 52.0 Å². The van der Waals surface area contributed by atoms with E-state index < -0.39 is 11.7 Å². The summed E-state index contributed by atoms with van der Waals surface area (Å²) in [6.07, 6.45) is 0.786. The lowest BCUT2D eigenvalue weighted by Crippen LogP contribution is -2.33. The van der Waals surface area contributed by atoms with E-state index in [4.69, 9.17) is 9.47 Å². The van der Waals surface area contributed by atoms with Crippen molar-refractivity contribution in [3.05, 3.63) is 35.9 Å². The van der Waals surface area contributed by atoms with Gasteiger partial charge in [-0.15, -0.1) is 0 Å². The third-order valence-corrected chi connectivity index (χ3v) is 3.13. The number of hydrogen-bond acceptors (Lipinski definition) is 4. The van der Waals surface area contributed by atoms with Gasteiger partial charge in [-0.3, -0.25) is 4.79 Å². The maximum Gasteiger partial charge on any atom is 0.407 e. The molecule has 1 amide bonds. The number of nitrogens with one attached hydrogen (secondary N) is 1. The van der Waals surface area contributed by atoms with E-state index in [1.54, 1.807) is 0 Å². The average molecular weight is 321 g/mol. The minimum Gasteiger partial charge on any atom is -0.465 e. The van der Waals surface area contributed by atoms with Crippen molar-refractivity contribution >= 4 is 12.1 Å². The zero-order valence-electron chi connectivity index (χ0n) is 14.4. The van der Waals surface area contributed by atoms with Crippen LogP contribution in [0.3, 0.4) is 0 Å². The number of carbonyl (C=O) groups excluding carboxylic acids is 2. The Morgan fingerprint density at radius 1 is 1.17 bits per heavy atom. The van der Waals surface area contributed by atoms with Crippen LogP contribution in [0.4, 0.5) is 4.79 Å². The number of hydrogen-bond donors (Lipinski definition) is 1. The number of ether oxygens (including phenoxy) is 2. The predicted molar refractivity (Wildman–Crippen MR) is 89.3 cm³/mol. The Bertz CT molecular complexity index is 493. The lowest BCUT2D eigenvalue weighted by Gasteiger charge is -2.19. The number of rotatable bonds is 7. The molecule has 0 fully saturated rings. The van der Waals surface area contributed by atoms with Crippen LogP contribution in [-0.4, -0.2) is 30.8 Å². The van der Waals surface area contributed by atoms with Crippen molar-refractivity contribution in [2.24, 2.45) is 0 Å². The van der Waals surface area contributed by atoms with Gasteiger partial charge in [-0.1, -0.05) is 37.3 Å². The number of carbonyl (C=O) groups is 2. The molecular weight excluding hydrogens is 294 g/mol. The lowest BCUT2D eigenvalue weighted by atomic mass is 9.97. The first-order chi connectivity index (χ1) is 10.8. The van der Waals surface area contributed by atoms with Gasteiger partial charge in [-0.25, -0.2) is 4.79 Å². The molecule has 1 unspecified atom stereocenters. The number of amides is 1. The van der Waals surface area contributed by atoms with Gasteiger partial charge in [0.1, 0.15) is 5.60 Å². The summed E-state index contributed by atoms with van der Waals surface area (Å²) in [6.45, 7) is 8.07. The van der Waals surface area contributed by atoms with Crippen molar-refractivity contribution < 1.29 is 19.1 Å². The van der Waals surface area contributed by atoms with Crippen molar-refractivity contribution in [3.8, 4) is 0 Å². The molecule has 0 bridgehead atoms. The van der Waals surface area contributed by atoms with Crippen LogP contribution >= 0.6 is 0 Å². The third kappa shape index (κ3) is 7.68. The van der Waals surface area contributed by atoms with Gasteiger partial charge in [0.2, 0.25) is 0 Å². The van der Waals surface area contributed by atoms with E-state index in [-0.39, 0.29) is 18.5 Å². The molecule has 1 aromatic rings. The maximum absolute atomic E-state index is 12.1. The molecule has 0 saturated carbocycles. The van der Waals surface area contributed by atoms with E-state index in [1.165, 1.54) is 0 Å². The Hall–Kier alpha value is -2.04. The average Bonchev–Trinajstić information content (AvgIpc) is 2.47. The fourth-order valence-corrected chi connectivity index (χ4v) is 2.07. The van der Waals surface area contributed by atoms with E-state index in [0.717, 1.165) is 5.56 Å². The molecule has 5 heteroatoms. The fourth-order valence-electron chi connectivity index (χ4n) is 2.07. The van der Waals surface area contributed by atoms with Crippen LogP contribution in [0, 0.1) is 0 Å². The molecule has 0 aliphatic rings. The summed E-state index contributed by atoms with van der Waals surface area (Å²) >= 11 is 0. The molecule has 0 radical (unpaired) electrons. The zero-order chi connectivity index (χ0) is 17.3. The first kappa shape index (κ1) is 19.0. The van der Waals surface area contributed by atoms with Crippen molar-refractivity contribution in [1.82, 2.24) is 5.32 Å². The van der Waals surface area contributed by atoms with Crippen molar-refractivity contribution in [2.45, 2.75) is 52.1 Å². The maximum atomic E-state index is 12.1. The molecule has 5 nitrogen and oxygen atoms in total. The van der Waals surface area contributed by atoms with Crippen LogP contribution in [0.25, 0.3) is 0 Å². The highest BCUT2D eigenvalue weighted by molar-refractivity contribution is 5.78. The van der Waals surface area contributed by atoms with E-state index in [2.05, 4.69) is 5.32 Å². The van der Waals surface area contributed by atoms with Gasteiger partial charge < -0.3 is 14.8 Å². The van der Waals surface area contributed by atoms with Crippen LogP contribution in [0.15, 0.2) is 30.3 Å². The van der Waals surface area contributed by atoms with Gasteiger partial charge in [0.15, 0.2) is 0 Å². The highest BCUT2D eigenvalue weighted by Crippen LogP contribution is 2.20. The van der Waals surface area contributed by atoms with E-state index in [1.807, 2.05) is 58.0 Å². The van der Waals surface area contributed by atoms with E-state index >= 15 is 0 Å². The molecule has 1 aromatic carbocycles. The van der Waals surface area contributed by atoms with Gasteiger partial charge in [0.05, 0.1) is 12.5 Å². The molecular formula is C18H27NO4. The molecule has 23 heavy (non-hydrogen) atoms. The van der Waals surface area contributed by atoms with Crippen molar-refractivity contribution in [2.75, 3.05) is 13.2 Å². The standard InChI is InChI=1S/C18H27NO4/c1-5-15(14-10-7-6-8-11-14)16(20)22-13-9-12-19-17(21)23-18(2,3)4/h6-8,10-11,15H,5,9,12-13H2,1-4H3,(H,19,21). The summed E-state index contributed by atoms with van der Waals surface area (Å²) in [4.78, 5) is 23.6. The summed E-state index contributed by atoms with van der Waals surface area (Å²) in [6, 6.07) is 9.61. The molecule has 0 spiro atoms. The highest BCUT2D eigenvalue weighted by atomic mass is 16.6. The minimum atomic E-state index is -0.513. The van der Waals surface area contributed by atoms with Crippen LogP contribution < -0.4 is 5.32 Å². The zero-order valence-corrected chi connectivity index (χ0v) is 14.4. The topological polar surface area (TPSA) is 64.6 Å². The van der Waals surface area contributed by atoms with Gasteiger partial charge in [-0.2, -0.15) is 0 Å². The van der Waals surface area contributed by atoms with E-state index in [9.17, 15) is 9.59 Å². The number of esters is 1. The van der Waals surface area contributed by atoms with Crippen LogP contribution in [0.2, 0.25) is 0 Å². The molecule has 0 aliphatic carbocycles. The lowest BCUT2D eigenvalue weighted by molar-refractivity contribution is -0.145. The summed E-state index contributed by atoms with van der Waals surface area (Å²) < 4.78 is 10.4. The van der Waals surface area contributed by atoms with Crippen LogP contribution in [0.5, 0.6) is 0 Å². The Morgan fingerprint density at radius 3 is 2.39 bits per heavy atom. The molecule has 0 saturated heterocycles. The second kappa shape index (κ2) is 9.18. The van der Waals surface area contributed by atoms with Gasteiger partial charge >= 0.3 is 12.1 Å². The quantitative estimate of drug-likeness (QED) is 0.615. The monoisotopic (exact) mass is 321 g/mol. The summed E-state index contributed by atoms with van der Waals surface area (Å²) in [5, 5.41) is 2.64. The smallest absolute Gasteiger partial charge is 0.407 e. The normalized spacial score (nSPS) is 12.3. The molecule has 128 valence electrons.